The van der Waals surface area contributed by atoms with Gasteiger partial charge in [-0.05, 0) is 50.4 Å². The van der Waals surface area contributed by atoms with Crippen molar-refractivity contribution >= 4 is 23.9 Å². The van der Waals surface area contributed by atoms with Crippen molar-refractivity contribution in [3.05, 3.63) is 0 Å². The van der Waals surface area contributed by atoms with E-state index in [0.29, 0.717) is 19.3 Å². The SMILES string of the molecule is CC(=O)OCC[C@]1(COC(C)=O)CC[C@@]2(O1)[C@H](C)CC[C@H]1[C@](C)(COC(C)=O)[C@@H](OC(C)=O)CC[C@@]12C. The van der Waals surface area contributed by atoms with Crippen LogP contribution in [0.1, 0.15) is 93.4 Å². The highest BCUT2D eigenvalue weighted by Gasteiger charge is 2.69. The van der Waals surface area contributed by atoms with Crippen LogP contribution in [0.4, 0.5) is 0 Å². The second kappa shape index (κ2) is 10.9. The number of rotatable bonds is 8. The largest absolute Gasteiger partial charge is 0.466 e. The first-order chi connectivity index (χ1) is 17.2. The van der Waals surface area contributed by atoms with Gasteiger partial charge in [0.2, 0.25) is 0 Å². The summed E-state index contributed by atoms with van der Waals surface area (Å²) >= 11 is 0. The van der Waals surface area contributed by atoms with E-state index in [9.17, 15) is 19.2 Å². The second-order valence-electron chi connectivity index (χ2n) is 11.9. The Bertz CT molecular complexity index is 902. The minimum Gasteiger partial charge on any atom is -0.466 e. The Morgan fingerprint density at radius 1 is 0.784 bits per heavy atom. The molecule has 0 aromatic carbocycles. The summed E-state index contributed by atoms with van der Waals surface area (Å²) in [5, 5.41) is 0. The molecule has 3 fully saturated rings. The first kappa shape index (κ1) is 29.4. The molecule has 1 heterocycles. The van der Waals surface area contributed by atoms with Crippen molar-refractivity contribution in [3.8, 4) is 0 Å². The van der Waals surface area contributed by atoms with Crippen LogP contribution in [0.5, 0.6) is 0 Å². The summed E-state index contributed by atoms with van der Waals surface area (Å²) in [7, 11) is 0. The van der Waals surface area contributed by atoms with Gasteiger partial charge in [0.1, 0.15) is 24.9 Å². The Labute approximate surface area is 220 Å². The minimum atomic E-state index is -0.765. The molecule has 3 aliphatic rings. The molecule has 1 spiro atoms. The molecule has 7 atom stereocenters. The van der Waals surface area contributed by atoms with Crippen molar-refractivity contribution in [2.45, 2.75) is 111 Å². The van der Waals surface area contributed by atoms with E-state index < -0.39 is 16.6 Å². The number of carbonyl (C=O) groups excluding carboxylic acids is 4. The van der Waals surface area contributed by atoms with E-state index in [-0.39, 0.29) is 67.1 Å². The molecule has 9 heteroatoms. The molecular weight excluding hydrogens is 480 g/mol. The predicted octanol–water partition coefficient (Wildman–Crippen LogP) is 4.14. The summed E-state index contributed by atoms with van der Waals surface area (Å²) < 4.78 is 29.3. The summed E-state index contributed by atoms with van der Waals surface area (Å²) in [6.07, 6.45) is 4.70. The fourth-order valence-corrected chi connectivity index (χ4v) is 7.71. The van der Waals surface area contributed by atoms with Crippen molar-refractivity contribution < 1.29 is 42.9 Å². The van der Waals surface area contributed by atoms with Crippen molar-refractivity contribution in [1.29, 1.82) is 0 Å². The number of ether oxygens (including phenoxy) is 5. The molecular formula is C28H44O9. The third-order valence-electron chi connectivity index (χ3n) is 9.52. The van der Waals surface area contributed by atoms with Gasteiger partial charge >= 0.3 is 23.9 Å². The van der Waals surface area contributed by atoms with Gasteiger partial charge in [0.15, 0.2) is 0 Å². The number of esters is 4. The lowest BCUT2D eigenvalue weighted by atomic mass is 9.43. The van der Waals surface area contributed by atoms with Gasteiger partial charge < -0.3 is 23.7 Å². The van der Waals surface area contributed by atoms with Crippen LogP contribution in [0.15, 0.2) is 0 Å². The summed E-state index contributed by atoms with van der Waals surface area (Å²) in [6.45, 7) is 12.5. The molecule has 9 nitrogen and oxygen atoms in total. The molecule has 37 heavy (non-hydrogen) atoms. The van der Waals surface area contributed by atoms with Gasteiger partial charge in [0.05, 0.1) is 12.2 Å². The van der Waals surface area contributed by atoms with E-state index in [0.717, 1.165) is 25.7 Å². The van der Waals surface area contributed by atoms with E-state index in [4.69, 9.17) is 23.7 Å². The van der Waals surface area contributed by atoms with Crippen molar-refractivity contribution in [1.82, 2.24) is 0 Å². The van der Waals surface area contributed by atoms with Crippen molar-refractivity contribution in [3.63, 3.8) is 0 Å². The van der Waals surface area contributed by atoms with Crippen LogP contribution in [0, 0.1) is 22.7 Å². The Hall–Kier alpha value is -2.16. The molecule has 0 amide bonds. The van der Waals surface area contributed by atoms with Crippen LogP contribution in [0.25, 0.3) is 0 Å². The second-order valence-corrected chi connectivity index (χ2v) is 11.9. The number of hydrogen-bond donors (Lipinski definition) is 0. The lowest BCUT2D eigenvalue weighted by molar-refractivity contribution is -0.275. The lowest BCUT2D eigenvalue weighted by Gasteiger charge is -2.65. The maximum atomic E-state index is 12.0. The fraction of sp³-hybridized carbons (Fsp3) is 0.857. The summed E-state index contributed by atoms with van der Waals surface area (Å²) in [6, 6.07) is 0. The zero-order valence-corrected chi connectivity index (χ0v) is 23.5. The van der Waals surface area contributed by atoms with E-state index in [2.05, 4.69) is 20.8 Å². The molecule has 1 saturated heterocycles. The van der Waals surface area contributed by atoms with E-state index in [1.165, 1.54) is 27.7 Å². The number of hydrogen-bond acceptors (Lipinski definition) is 9. The lowest BCUT2D eigenvalue weighted by Crippen LogP contribution is -2.67. The molecule has 0 aromatic heterocycles. The third kappa shape index (κ3) is 5.66. The predicted molar refractivity (Wildman–Crippen MR) is 133 cm³/mol. The molecule has 0 N–H and O–H groups in total. The average molecular weight is 525 g/mol. The molecule has 0 bridgehead atoms. The van der Waals surface area contributed by atoms with Crippen LogP contribution < -0.4 is 0 Å². The van der Waals surface area contributed by atoms with Crippen LogP contribution in [0.3, 0.4) is 0 Å². The van der Waals surface area contributed by atoms with E-state index in [1.807, 2.05) is 0 Å². The van der Waals surface area contributed by atoms with Gasteiger partial charge in [-0.25, -0.2) is 0 Å². The first-order valence-electron chi connectivity index (χ1n) is 13.5. The molecule has 0 unspecified atom stereocenters. The Kier molecular flexibility index (Phi) is 8.67. The Balaban J connectivity index is 1.99. The fourth-order valence-electron chi connectivity index (χ4n) is 7.71. The quantitative estimate of drug-likeness (QED) is 0.341. The summed E-state index contributed by atoms with van der Waals surface area (Å²) in [5.74, 6) is -1.16. The smallest absolute Gasteiger partial charge is 0.302 e. The van der Waals surface area contributed by atoms with Gasteiger partial charge in [0.25, 0.3) is 0 Å². The van der Waals surface area contributed by atoms with Gasteiger partial charge in [0, 0.05) is 44.9 Å². The van der Waals surface area contributed by atoms with Crippen molar-refractivity contribution in [2.75, 3.05) is 19.8 Å². The highest BCUT2D eigenvalue weighted by Crippen LogP contribution is 2.68. The van der Waals surface area contributed by atoms with Crippen LogP contribution >= 0.6 is 0 Å². The zero-order valence-electron chi connectivity index (χ0n) is 23.5. The molecule has 1 aliphatic heterocycles. The van der Waals surface area contributed by atoms with E-state index in [1.54, 1.807) is 0 Å². The van der Waals surface area contributed by atoms with Gasteiger partial charge in [-0.3, -0.25) is 19.2 Å². The highest BCUT2D eigenvalue weighted by atomic mass is 16.6. The maximum Gasteiger partial charge on any atom is 0.302 e. The molecule has 2 saturated carbocycles. The molecule has 3 rings (SSSR count). The average Bonchev–Trinajstić information content (AvgIpc) is 3.18. The topological polar surface area (TPSA) is 114 Å². The van der Waals surface area contributed by atoms with Gasteiger partial charge in [-0.15, -0.1) is 0 Å². The van der Waals surface area contributed by atoms with Crippen molar-refractivity contribution in [2.24, 2.45) is 22.7 Å². The molecule has 0 aromatic rings. The van der Waals surface area contributed by atoms with E-state index >= 15 is 0 Å². The molecule has 2 aliphatic carbocycles. The van der Waals surface area contributed by atoms with Crippen LogP contribution in [-0.2, 0) is 42.9 Å². The zero-order chi connectivity index (χ0) is 27.6. The maximum absolute atomic E-state index is 12.0. The number of fused-ring (bicyclic) bond motifs is 2. The third-order valence-corrected chi connectivity index (χ3v) is 9.52. The monoisotopic (exact) mass is 524 g/mol. The summed E-state index contributed by atoms with van der Waals surface area (Å²) in [4.78, 5) is 47.0. The van der Waals surface area contributed by atoms with Crippen LogP contribution in [0.2, 0.25) is 0 Å². The standard InChI is InChI=1S/C28H44O9/c1-18-8-9-23-25(6,16-34-20(3)30)24(36-22(5)32)10-11-26(23,7)28(18)13-12-27(37-28,17-35-21(4)31)14-15-33-19(2)29/h18,23-24H,8-17H2,1-7H3/t18-,23+,24+,25+,26+,27+,28-/m1/s1. The first-order valence-corrected chi connectivity index (χ1v) is 13.5. The van der Waals surface area contributed by atoms with Gasteiger partial charge in [-0.2, -0.15) is 0 Å². The highest BCUT2D eigenvalue weighted by molar-refractivity contribution is 5.67. The normalized spacial score (nSPS) is 38.9. The Morgan fingerprint density at radius 2 is 1.41 bits per heavy atom. The summed E-state index contributed by atoms with van der Waals surface area (Å²) in [5.41, 5.74) is -2.18. The Morgan fingerprint density at radius 3 is 2.00 bits per heavy atom. The molecule has 0 radical (unpaired) electrons. The van der Waals surface area contributed by atoms with Crippen LogP contribution in [-0.4, -0.2) is 61.0 Å². The number of carbonyl (C=O) groups is 4. The molecule has 210 valence electrons. The van der Waals surface area contributed by atoms with Gasteiger partial charge in [-0.1, -0.05) is 20.8 Å². The minimum absolute atomic E-state index is 0.0617.